The van der Waals surface area contributed by atoms with Gasteiger partial charge in [-0.3, -0.25) is 0 Å². The first kappa shape index (κ1) is 15.0. The molecule has 2 aromatic rings. The average molecular weight is 296 g/mol. The quantitative estimate of drug-likeness (QED) is 0.709. The van der Waals surface area contributed by atoms with Gasteiger partial charge in [-0.05, 0) is 70.2 Å². The average Bonchev–Trinajstić information content (AvgIpc) is 2.44. The van der Waals surface area contributed by atoms with E-state index in [9.17, 15) is 10.2 Å². The van der Waals surface area contributed by atoms with Crippen LogP contribution in [0.2, 0.25) is 0 Å². The van der Waals surface area contributed by atoms with E-state index >= 15 is 0 Å². The van der Waals surface area contributed by atoms with Crippen molar-refractivity contribution in [2.75, 3.05) is 0 Å². The molecule has 2 nitrogen and oxygen atoms in total. The molecule has 1 aliphatic rings. The number of hydrogen-bond acceptors (Lipinski definition) is 2. The largest absolute Gasteiger partial charge is 0.508 e. The van der Waals surface area contributed by atoms with Crippen LogP contribution in [0.15, 0.2) is 36.4 Å². The van der Waals surface area contributed by atoms with Crippen molar-refractivity contribution in [2.45, 2.75) is 51.4 Å². The second-order valence-corrected chi connectivity index (χ2v) is 7.73. The highest BCUT2D eigenvalue weighted by atomic mass is 16.3. The van der Waals surface area contributed by atoms with E-state index in [0.717, 1.165) is 24.0 Å². The fraction of sp³-hybridized carbons (Fsp3) is 0.400. The Kier molecular flexibility index (Phi) is 3.24. The lowest BCUT2D eigenvalue weighted by Gasteiger charge is -2.38. The molecule has 116 valence electrons. The molecular weight excluding hydrogens is 272 g/mol. The number of phenols is 2. The number of hydrogen-bond donors (Lipinski definition) is 2. The van der Waals surface area contributed by atoms with Gasteiger partial charge in [0.1, 0.15) is 11.5 Å². The summed E-state index contributed by atoms with van der Waals surface area (Å²) in [6.07, 6.45) is 2.16. The van der Waals surface area contributed by atoms with Crippen LogP contribution in [0.5, 0.6) is 11.5 Å². The number of benzene rings is 2. The minimum Gasteiger partial charge on any atom is -0.508 e. The number of fused-ring (bicyclic) bond motifs is 3. The summed E-state index contributed by atoms with van der Waals surface area (Å²) >= 11 is 0. The molecule has 0 atom stereocenters. The maximum atomic E-state index is 9.98. The predicted molar refractivity (Wildman–Crippen MR) is 90.5 cm³/mol. The summed E-state index contributed by atoms with van der Waals surface area (Å²) in [5, 5.41) is 20.0. The molecule has 22 heavy (non-hydrogen) atoms. The van der Waals surface area contributed by atoms with E-state index in [4.69, 9.17) is 0 Å². The van der Waals surface area contributed by atoms with Crippen molar-refractivity contribution >= 4 is 0 Å². The molecule has 0 aliphatic heterocycles. The Morgan fingerprint density at radius 1 is 0.682 bits per heavy atom. The van der Waals surface area contributed by atoms with Gasteiger partial charge < -0.3 is 10.2 Å². The highest BCUT2D eigenvalue weighted by molar-refractivity contribution is 5.76. The maximum absolute atomic E-state index is 9.98. The fourth-order valence-electron chi connectivity index (χ4n) is 3.58. The van der Waals surface area contributed by atoms with Crippen LogP contribution < -0.4 is 0 Å². The van der Waals surface area contributed by atoms with Crippen LogP contribution in [0.3, 0.4) is 0 Å². The van der Waals surface area contributed by atoms with Gasteiger partial charge in [0.15, 0.2) is 0 Å². The summed E-state index contributed by atoms with van der Waals surface area (Å²) in [4.78, 5) is 0. The third-order valence-electron chi connectivity index (χ3n) is 5.13. The van der Waals surface area contributed by atoms with Crippen molar-refractivity contribution in [1.29, 1.82) is 0 Å². The third-order valence-corrected chi connectivity index (χ3v) is 5.13. The van der Waals surface area contributed by atoms with E-state index in [0.29, 0.717) is 0 Å². The topological polar surface area (TPSA) is 40.5 Å². The summed E-state index contributed by atoms with van der Waals surface area (Å²) < 4.78 is 0. The molecule has 0 radical (unpaired) electrons. The molecule has 0 unspecified atom stereocenters. The van der Waals surface area contributed by atoms with Crippen molar-refractivity contribution in [3.63, 3.8) is 0 Å². The zero-order chi connectivity index (χ0) is 16.1. The van der Waals surface area contributed by atoms with Crippen molar-refractivity contribution < 1.29 is 10.2 Å². The lowest BCUT2D eigenvalue weighted by Crippen LogP contribution is -2.28. The van der Waals surface area contributed by atoms with E-state index in [-0.39, 0.29) is 22.3 Å². The molecule has 0 spiro atoms. The van der Waals surface area contributed by atoms with Gasteiger partial charge in [-0.1, -0.05) is 39.8 Å². The van der Waals surface area contributed by atoms with Crippen LogP contribution >= 0.6 is 0 Å². The molecule has 2 aromatic carbocycles. The van der Waals surface area contributed by atoms with E-state index < -0.39 is 0 Å². The van der Waals surface area contributed by atoms with Crippen LogP contribution in [-0.4, -0.2) is 10.2 Å². The number of phenolic OH excluding ortho intramolecular Hbond substituents is 2. The molecular formula is C20H24O2. The van der Waals surface area contributed by atoms with Crippen LogP contribution in [0.25, 0.3) is 11.1 Å². The smallest absolute Gasteiger partial charge is 0.116 e. The van der Waals surface area contributed by atoms with E-state index in [1.54, 1.807) is 12.1 Å². The van der Waals surface area contributed by atoms with Gasteiger partial charge in [0.2, 0.25) is 0 Å². The first-order chi connectivity index (χ1) is 10.2. The van der Waals surface area contributed by atoms with Crippen molar-refractivity contribution in [1.82, 2.24) is 0 Å². The minimum absolute atomic E-state index is 0.0312. The van der Waals surface area contributed by atoms with Crippen LogP contribution in [0.4, 0.5) is 0 Å². The SMILES string of the molecule is CC1(C)CCC(C)(C)c2ccc(O)cc2-c2cc(O)ccc21. The summed E-state index contributed by atoms with van der Waals surface area (Å²) in [7, 11) is 0. The molecule has 0 saturated heterocycles. The molecule has 2 heteroatoms. The van der Waals surface area contributed by atoms with Gasteiger partial charge in [-0.25, -0.2) is 0 Å². The van der Waals surface area contributed by atoms with Crippen LogP contribution in [0, 0.1) is 0 Å². The van der Waals surface area contributed by atoms with Crippen molar-refractivity contribution in [2.24, 2.45) is 0 Å². The Bertz CT molecular complexity index is 663. The Morgan fingerprint density at radius 2 is 1.05 bits per heavy atom. The number of aromatic hydroxyl groups is 2. The lowest BCUT2D eigenvalue weighted by atomic mass is 9.66. The molecule has 0 bridgehead atoms. The van der Waals surface area contributed by atoms with Gasteiger partial charge in [-0.15, -0.1) is 0 Å². The first-order valence-corrected chi connectivity index (χ1v) is 7.88. The van der Waals surface area contributed by atoms with Gasteiger partial charge >= 0.3 is 0 Å². The summed E-state index contributed by atoms with van der Waals surface area (Å²) in [6.45, 7) is 9.03. The van der Waals surface area contributed by atoms with E-state index in [1.165, 1.54) is 11.1 Å². The predicted octanol–water partition coefficient (Wildman–Crippen LogP) is 5.11. The fourth-order valence-corrected chi connectivity index (χ4v) is 3.58. The molecule has 0 fully saturated rings. The third kappa shape index (κ3) is 2.37. The molecule has 0 saturated carbocycles. The van der Waals surface area contributed by atoms with Gasteiger partial charge in [0, 0.05) is 0 Å². The van der Waals surface area contributed by atoms with Crippen molar-refractivity contribution in [3.8, 4) is 22.6 Å². The summed E-state index contributed by atoms with van der Waals surface area (Å²) in [5.74, 6) is 0.532. The highest BCUT2D eigenvalue weighted by Crippen LogP contribution is 2.47. The lowest BCUT2D eigenvalue weighted by molar-refractivity contribution is 0.371. The van der Waals surface area contributed by atoms with E-state index in [1.807, 2.05) is 24.3 Å². The monoisotopic (exact) mass is 296 g/mol. The van der Waals surface area contributed by atoms with Gasteiger partial charge in [0.05, 0.1) is 0 Å². The maximum Gasteiger partial charge on any atom is 0.116 e. The van der Waals surface area contributed by atoms with Crippen molar-refractivity contribution in [3.05, 3.63) is 47.5 Å². The second-order valence-electron chi connectivity index (χ2n) is 7.73. The van der Waals surface area contributed by atoms with Gasteiger partial charge in [-0.2, -0.15) is 0 Å². The Balaban J connectivity index is 2.39. The molecule has 1 aliphatic carbocycles. The summed E-state index contributed by atoms with van der Waals surface area (Å²) in [6, 6.07) is 11.2. The zero-order valence-electron chi connectivity index (χ0n) is 13.8. The molecule has 2 N–H and O–H groups in total. The molecule has 3 rings (SSSR count). The molecule has 0 heterocycles. The van der Waals surface area contributed by atoms with Crippen LogP contribution in [0.1, 0.15) is 51.7 Å². The number of rotatable bonds is 0. The molecule has 0 aromatic heterocycles. The van der Waals surface area contributed by atoms with Gasteiger partial charge in [0.25, 0.3) is 0 Å². The Labute approximate surface area is 132 Å². The summed E-state index contributed by atoms with van der Waals surface area (Å²) in [5.41, 5.74) is 4.58. The normalized spacial score (nSPS) is 18.7. The minimum atomic E-state index is 0.0312. The highest BCUT2D eigenvalue weighted by Gasteiger charge is 2.34. The van der Waals surface area contributed by atoms with E-state index in [2.05, 4.69) is 27.7 Å². The Morgan fingerprint density at radius 3 is 1.41 bits per heavy atom. The zero-order valence-corrected chi connectivity index (χ0v) is 13.8. The van der Waals surface area contributed by atoms with Crippen LogP contribution in [-0.2, 0) is 10.8 Å². The Hall–Kier alpha value is -1.96. The first-order valence-electron chi connectivity index (χ1n) is 7.88. The second kappa shape index (κ2) is 4.77. The molecule has 0 amide bonds. The standard InChI is InChI=1S/C20H24O2/c1-19(2)9-10-20(3,4)18-8-6-14(22)12-16(18)15-11-13(21)5-7-17(15)19/h5-8,11-12,21-22H,9-10H2,1-4H3.